The quantitative estimate of drug-likeness (QED) is 0.266. The van der Waals surface area contributed by atoms with Gasteiger partial charge in [0.2, 0.25) is 11.8 Å². The summed E-state index contributed by atoms with van der Waals surface area (Å²) < 4.78 is 18.6. The minimum absolute atomic E-state index is 0.358. The first-order chi connectivity index (χ1) is 16.4. The van der Waals surface area contributed by atoms with E-state index in [1.165, 1.54) is 18.4 Å². The molecule has 3 aromatic heterocycles. The minimum Gasteiger partial charge on any atom is -0.484 e. The fraction of sp³-hybridized carbons (Fsp3) is 0.167. The molecule has 10 heteroatoms. The van der Waals surface area contributed by atoms with Crippen LogP contribution in [0.3, 0.4) is 0 Å². The van der Waals surface area contributed by atoms with Crippen LogP contribution in [0, 0.1) is 6.92 Å². The zero-order valence-electron chi connectivity index (χ0n) is 18.5. The van der Waals surface area contributed by atoms with Gasteiger partial charge in [0.15, 0.2) is 4.88 Å². The van der Waals surface area contributed by atoms with E-state index >= 15 is 0 Å². The molecule has 8 nitrogen and oxygen atoms in total. The number of carbonyl (C=O) groups is 1. The lowest BCUT2D eigenvalue weighted by atomic mass is 10.1. The molecule has 0 spiro atoms. The molecular weight excluding hydrogens is 476 g/mol. The number of nitrogens with zero attached hydrogens (tertiary/aromatic N) is 4. The number of benzene rings is 2. The normalized spacial score (nSPS) is 12.1. The van der Waals surface area contributed by atoms with Gasteiger partial charge >= 0.3 is 5.97 Å². The number of ether oxygens (including phenoxy) is 2. The summed E-state index contributed by atoms with van der Waals surface area (Å²) in [5.41, 5.74) is 3.19. The van der Waals surface area contributed by atoms with Gasteiger partial charge in [-0.25, -0.2) is 9.78 Å². The monoisotopic (exact) mass is 494 g/mol. The highest BCUT2D eigenvalue weighted by atomic mass is 35.5. The molecule has 1 atom stereocenters. The lowest BCUT2D eigenvalue weighted by Crippen LogP contribution is -2.07. The number of carbonyl (C=O) groups excluding carboxylic acids is 1. The maximum Gasteiger partial charge on any atom is 0.351 e. The van der Waals surface area contributed by atoms with Crippen LogP contribution < -0.4 is 4.74 Å². The molecule has 0 aliphatic rings. The molecule has 5 aromatic rings. The SMILES string of the molecule is COC(=O)c1sc(-n2cnc3cc(-c4nnc(C)o4)ccc32)cc1O[C@H](C)c1ccccc1Cl. The number of fused-ring (bicyclic) bond motifs is 1. The van der Waals surface area contributed by atoms with Crippen LogP contribution in [0.15, 0.2) is 59.3 Å². The predicted molar refractivity (Wildman–Crippen MR) is 129 cm³/mol. The molecule has 5 rings (SSSR count). The predicted octanol–water partition coefficient (Wildman–Crippen LogP) is 6.03. The van der Waals surface area contributed by atoms with Crippen molar-refractivity contribution >= 4 is 39.9 Å². The standard InChI is InChI=1S/C24H19ClN4O4S/c1-13(16-6-4-5-7-17(16)25)32-20-11-21(34-22(20)24(30)31-3)29-12-26-18-10-15(8-9-19(18)29)23-28-27-14(2)33-23/h4-13H,1-3H3/t13-/m1/s1. The van der Waals surface area contributed by atoms with Crippen molar-refractivity contribution in [3.63, 3.8) is 0 Å². The zero-order chi connectivity index (χ0) is 23.8. The van der Waals surface area contributed by atoms with Gasteiger partial charge in [-0.3, -0.25) is 4.57 Å². The van der Waals surface area contributed by atoms with E-state index in [9.17, 15) is 4.79 Å². The molecule has 34 heavy (non-hydrogen) atoms. The Morgan fingerprint density at radius 3 is 2.74 bits per heavy atom. The van der Waals surface area contributed by atoms with Crippen LogP contribution in [0.5, 0.6) is 5.75 Å². The topological polar surface area (TPSA) is 92.3 Å². The highest BCUT2D eigenvalue weighted by Gasteiger charge is 2.23. The first kappa shape index (κ1) is 22.1. The number of thiophene rings is 1. The summed E-state index contributed by atoms with van der Waals surface area (Å²) in [5, 5.41) is 9.29. The van der Waals surface area contributed by atoms with E-state index in [0.29, 0.717) is 27.4 Å². The van der Waals surface area contributed by atoms with Gasteiger partial charge in [0.05, 0.1) is 18.1 Å². The number of aromatic nitrogens is 4. The van der Waals surface area contributed by atoms with Crippen molar-refractivity contribution in [2.75, 3.05) is 7.11 Å². The molecule has 172 valence electrons. The number of aryl methyl sites for hydroxylation is 1. The summed E-state index contributed by atoms with van der Waals surface area (Å²) in [6.07, 6.45) is 1.32. The van der Waals surface area contributed by atoms with Gasteiger partial charge in [0, 0.05) is 29.1 Å². The van der Waals surface area contributed by atoms with Crippen LogP contribution in [-0.4, -0.2) is 32.8 Å². The second-order valence-electron chi connectivity index (χ2n) is 7.50. The summed E-state index contributed by atoms with van der Waals surface area (Å²) in [7, 11) is 1.34. The number of methoxy groups -OCH3 is 1. The Morgan fingerprint density at radius 1 is 1.18 bits per heavy atom. The van der Waals surface area contributed by atoms with Crippen molar-refractivity contribution in [2.45, 2.75) is 20.0 Å². The molecule has 2 aromatic carbocycles. The van der Waals surface area contributed by atoms with Gasteiger partial charge in [-0.05, 0) is 31.2 Å². The van der Waals surface area contributed by atoms with E-state index in [1.807, 2.05) is 47.9 Å². The average Bonchev–Trinajstić information content (AvgIpc) is 3.56. The van der Waals surface area contributed by atoms with Gasteiger partial charge in [0.25, 0.3) is 0 Å². The van der Waals surface area contributed by atoms with Crippen LogP contribution in [0.1, 0.15) is 34.2 Å². The molecule has 0 saturated carbocycles. The van der Waals surface area contributed by atoms with Crippen molar-refractivity contribution < 1.29 is 18.7 Å². The first-order valence-corrected chi connectivity index (χ1v) is 11.5. The van der Waals surface area contributed by atoms with Gasteiger partial charge in [0.1, 0.15) is 23.2 Å². The molecule has 0 N–H and O–H groups in total. The summed E-state index contributed by atoms with van der Waals surface area (Å²) in [6.45, 7) is 3.62. The maximum atomic E-state index is 12.5. The van der Waals surface area contributed by atoms with E-state index in [2.05, 4.69) is 15.2 Å². The fourth-order valence-electron chi connectivity index (χ4n) is 3.60. The second kappa shape index (κ2) is 8.92. The van der Waals surface area contributed by atoms with E-state index in [0.717, 1.165) is 27.2 Å². The first-order valence-electron chi connectivity index (χ1n) is 10.4. The van der Waals surface area contributed by atoms with Gasteiger partial charge in [-0.1, -0.05) is 29.8 Å². The van der Waals surface area contributed by atoms with Crippen LogP contribution in [0.2, 0.25) is 5.02 Å². The van der Waals surface area contributed by atoms with Crippen molar-refractivity contribution in [1.82, 2.24) is 19.7 Å². The molecule has 0 radical (unpaired) electrons. The van der Waals surface area contributed by atoms with E-state index < -0.39 is 5.97 Å². The third-order valence-electron chi connectivity index (χ3n) is 5.26. The maximum absolute atomic E-state index is 12.5. The molecule has 0 aliphatic heterocycles. The summed E-state index contributed by atoms with van der Waals surface area (Å²) in [6, 6.07) is 14.9. The van der Waals surface area contributed by atoms with Crippen molar-refractivity contribution in [1.29, 1.82) is 0 Å². The van der Waals surface area contributed by atoms with Gasteiger partial charge < -0.3 is 13.9 Å². The lowest BCUT2D eigenvalue weighted by Gasteiger charge is -2.16. The highest BCUT2D eigenvalue weighted by molar-refractivity contribution is 7.16. The van der Waals surface area contributed by atoms with Crippen molar-refractivity contribution in [3.8, 4) is 22.2 Å². The Bertz CT molecular complexity index is 1510. The number of halogens is 1. The van der Waals surface area contributed by atoms with Crippen molar-refractivity contribution in [2.24, 2.45) is 0 Å². The molecule has 0 amide bonds. The largest absolute Gasteiger partial charge is 0.484 e. The molecule has 0 bridgehead atoms. The van der Waals surface area contributed by atoms with Crippen LogP contribution in [-0.2, 0) is 4.74 Å². The van der Waals surface area contributed by atoms with Gasteiger partial charge in [-0.15, -0.1) is 21.5 Å². The van der Waals surface area contributed by atoms with E-state index in [-0.39, 0.29) is 6.10 Å². The molecular formula is C24H19ClN4O4S. The number of hydrogen-bond donors (Lipinski definition) is 0. The number of rotatable bonds is 6. The van der Waals surface area contributed by atoms with Crippen LogP contribution >= 0.6 is 22.9 Å². The summed E-state index contributed by atoms with van der Waals surface area (Å²) >= 11 is 7.59. The molecule has 0 unspecified atom stereocenters. The Hall–Kier alpha value is -3.69. The Labute approximate surface area is 203 Å². The molecule has 0 saturated heterocycles. The second-order valence-corrected chi connectivity index (χ2v) is 8.93. The van der Waals surface area contributed by atoms with E-state index in [1.54, 1.807) is 25.4 Å². The third kappa shape index (κ3) is 4.04. The number of imidazole rings is 1. The molecule has 3 heterocycles. The zero-order valence-corrected chi connectivity index (χ0v) is 20.1. The van der Waals surface area contributed by atoms with Crippen molar-refractivity contribution in [3.05, 3.63) is 76.2 Å². The lowest BCUT2D eigenvalue weighted by molar-refractivity contribution is 0.0600. The minimum atomic E-state index is -0.476. The Balaban J connectivity index is 1.52. The Morgan fingerprint density at radius 2 is 2.00 bits per heavy atom. The third-order valence-corrected chi connectivity index (χ3v) is 6.70. The van der Waals surface area contributed by atoms with Crippen LogP contribution in [0.25, 0.3) is 27.5 Å². The Kier molecular flexibility index (Phi) is 5.80. The number of esters is 1. The average molecular weight is 495 g/mol. The summed E-state index contributed by atoms with van der Waals surface area (Å²) in [4.78, 5) is 17.4. The highest BCUT2D eigenvalue weighted by Crippen LogP contribution is 2.37. The fourth-order valence-corrected chi connectivity index (χ4v) is 4.88. The number of hydrogen-bond acceptors (Lipinski definition) is 8. The molecule has 0 fully saturated rings. The van der Waals surface area contributed by atoms with Crippen LogP contribution in [0.4, 0.5) is 0 Å². The smallest absolute Gasteiger partial charge is 0.351 e. The van der Waals surface area contributed by atoms with E-state index in [4.69, 9.17) is 25.5 Å². The summed E-state index contributed by atoms with van der Waals surface area (Å²) in [5.74, 6) is 0.866. The molecule has 0 aliphatic carbocycles. The van der Waals surface area contributed by atoms with Gasteiger partial charge in [-0.2, -0.15) is 0 Å².